The number of ether oxygens (including phenoxy) is 2. The molecular weight excluding hydrogens is 264 g/mol. The van der Waals surface area contributed by atoms with Crippen LogP contribution in [0.5, 0.6) is 11.5 Å². The number of aromatic nitrogens is 1. The van der Waals surface area contributed by atoms with E-state index in [4.69, 9.17) is 9.47 Å². The van der Waals surface area contributed by atoms with Crippen LogP contribution in [-0.4, -0.2) is 32.3 Å². The Hall–Kier alpha value is -2.07. The van der Waals surface area contributed by atoms with Gasteiger partial charge in [-0.25, -0.2) is 0 Å². The van der Waals surface area contributed by atoms with Gasteiger partial charge in [-0.15, -0.1) is 0 Å². The Morgan fingerprint density at radius 2 is 1.71 bits per heavy atom. The molecule has 2 rings (SSSR count). The molecule has 0 aliphatic heterocycles. The molecule has 1 aromatic carbocycles. The average molecular weight is 286 g/mol. The van der Waals surface area contributed by atoms with Crippen LogP contribution in [0.15, 0.2) is 42.7 Å². The van der Waals surface area contributed by atoms with Crippen molar-refractivity contribution in [2.45, 2.75) is 12.8 Å². The maximum absolute atomic E-state index is 5.31. The fourth-order valence-electron chi connectivity index (χ4n) is 2.17. The highest BCUT2D eigenvalue weighted by atomic mass is 16.5. The molecule has 0 aliphatic rings. The molecule has 0 spiro atoms. The van der Waals surface area contributed by atoms with Crippen molar-refractivity contribution in [3.05, 3.63) is 53.9 Å². The Balaban J connectivity index is 1.73. The van der Waals surface area contributed by atoms with Gasteiger partial charge >= 0.3 is 0 Å². The van der Waals surface area contributed by atoms with Gasteiger partial charge < -0.3 is 14.8 Å². The van der Waals surface area contributed by atoms with E-state index >= 15 is 0 Å². The summed E-state index contributed by atoms with van der Waals surface area (Å²) in [5.74, 6) is 1.55. The number of nitrogens with zero attached hydrogens (tertiary/aromatic N) is 1. The van der Waals surface area contributed by atoms with Crippen LogP contribution in [0, 0.1) is 0 Å². The van der Waals surface area contributed by atoms with E-state index in [0.29, 0.717) is 0 Å². The van der Waals surface area contributed by atoms with Crippen molar-refractivity contribution in [1.82, 2.24) is 10.3 Å². The van der Waals surface area contributed by atoms with E-state index in [0.717, 1.165) is 37.4 Å². The standard InChI is InChI=1S/C17H22N2O2/c1-20-16-6-5-14(12-17(16)21-2)7-10-18-11-8-15-4-3-9-19-13-15/h3-6,9,12-13,18H,7-8,10-11H2,1-2H3. The largest absolute Gasteiger partial charge is 0.493 e. The van der Waals surface area contributed by atoms with Gasteiger partial charge in [0.1, 0.15) is 0 Å². The SMILES string of the molecule is COc1ccc(CCNCCc2cccnc2)cc1OC. The van der Waals surface area contributed by atoms with Gasteiger partial charge in [0.25, 0.3) is 0 Å². The Morgan fingerprint density at radius 1 is 0.952 bits per heavy atom. The third-order valence-electron chi connectivity index (χ3n) is 3.35. The first-order valence-corrected chi connectivity index (χ1v) is 7.14. The average Bonchev–Trinajstić information content (AvgIpc) is 2.55. The van der Waals surface area contributed by atoms with E-state index in [1.165, 1.54) is 11.1 Å². The fraction of sp³-hybridized carbons (Fsp3) is 0.353. The van der Waals surface area contributed by atoms with Gasteiger partial charge in [-0.1, -0.05) is 12.1 Å². The van der Waals surface area contributed by atoms with E-state index in [1.54, 1.807) is 20.4 Å². The predicted octanol–water partition coefficient (Wildman–Crippen LogP) is 2.47. The van der Waals surface area contributed by atoms with Gasteiger partial charge in [0.2, 0.25) is 0 Å². The van der Waals surface area contributed by atoms with E-state index in [9.17, 15) is 0 Å². The van der Waals surface area contributed by atoms with Gasteiger partial charge in [-0.2, -0.15) is 0 Å². The van der Waals surface area contributed by atoms with Crippen LogP contribution in [0.25, 0.3) is 0 Å². The molecule has 1 heterocycles. The number of hydrogen-bond acceptors (Lipinski definition) is 4. The van der Waals surface area contributed by atoms with Crippen LogP contribution in [0.2, 0.25) is 0 Å². The smallest absolute Gasteiger partial charge is 0.160 e. The zero-order chi connectivity index (χ0) is 14.9. The second-order valence-corrected chi connectivity index (χ2v) is 4.80. The van der Waals surface area contributed by atoms with E-state index in [1.807, 2.05) is 24.4 Å². The number of pyridine rings is 1. The Morgan fingerprint density at radius 3 is 2.38 bits per heavy atom. The lowest BCUT2D eigenvalue weighted by atomic mass is 10.1. The minimum absolute atomic E-state index is 0.769. The minimum Gasteiger partial charge on any atom is -0.493 e. The summed E-state index contributed by atoms with van der Waals surface area (Å²) in [7, 11) is 3.31. The molecule has 0 amide bonds. The zero-order valence-electron chi connectivity index (χ0n) is 12.6. The van der Waals surface area contributed by atoms with Crippen LogP contribution < -0.4 is 14.8 Å². The molecule has 112 valence electrons. The van der Waals surface area contributed by atoms with Crippen LogP contribution in [0.4, 0.5) is 0 Å². The van der Waals surface area contributed by atoms with Crippen molar-refractivity contribution in [1.29, 1.82) is 0 Å². The normalized spacial score (nSPS) is 10.4. The molecule has 0 radical (unpaired) electrons. The van der Waals surface area contributed by atoms with E-state index in [-0.39, 0.29) is 0 Å². The van der Waals surface area contributed by atoms with Crippen LogP contribution >= 0.6 is 0 Å². The number of benzene rings is 1. The molecule has 0 saturated carbocycles. The summed E-state index contributed by atoms with van der Waals surface area (Å²) in [6, 6.07) is 10.1. The third kappa shape index (κ3) is 4.76. The number of nitrogens with one attached hydrogen (secondary N) is 1. The number of hydrogen-bond donors (Lipinski definition) is 1. The maximum Gasteiger partial charge on any atom is 0.160 e. The van der Waals surface area contributed by atoms with Gasteiger partial charge in [-0.05, 0) is 55.3 Å². The van der Waals surface area contributed by atoms with Crippen LogP contribution in [0.1, 0.15) is 11.1 Å². The van der Waals surface area contributed by atoms with Crippen LogP contribution in [-0.2, 0) is 12.8 Å². The Kier molecular flexibility index (Phi) is 6.03. The first-order chi connectivity index (χ1) is 10.3. The van der Waals surface area contributed by atoms with E-state index < -0.39 is 0 Å². The van der Waals surface area contributed by atoms with Crippen molar-refractivity contribution in [2.24, 2.45) is 0 Å². The van der Waals surface area contributed by atoms with Crippen molar-refractivity contribution < 1.29 is 9.47 Å². The molecule has 4 nitrogen and oxygen atoms in total. The summed E-state index contributed by atoms with van der Waals surface area (Å²) in [5, 5.41) is 3.45. The summed E-state index contributed by atoms with van der Waals surface area (Å²) < 4.78 is 10.5. The molecule has 0 unspecified atom stereocenters. The second-order valence-electron chi connectivity index (χ2n) is 4.80. The highest BCUT2D eigenvalue weighted by molar-refractivity contribution is 5.42. The number of rotatable bonds is 8. The maximum atomic E-state index is 5.31. The van der Waals surface area contributed by atoms with Gasteiger partial charge in [-0.3, -0.25) is 4.98 Å². The quantitative estimate of drug-likeness (QED) is 0.757. The minimum atomic E-state index is 0.769. The zero-order valence-corrected chi connectivity index (χ0v) is 12.6. The van der Waals surface area contributed by atoms with Gasteiger partial charge in [0, 0.05) is 12.4 Å². The van der Waals surface area contributed by atoms with E-state index in [2.05, 4.69) is 22.4 Å². The monoisotopic (exact) mass is 286 g/mol. The Bertz CT molecular complexity index is 544. The molecule has 1 aromatic heterocycles. The molecule has 0 fully saturated rings. The summed E-state index contributed by atoms with van der Waals surface area (Å²) >= 11 is 0. The van der Waals surface area contributed by atoms with Crippen molar-refractivity contribution >= 4 is 0 Å². The van der Waals surface area contributed by atoms with Crippen LogP contribution in [0.3, 0.4) is 0 Å². The lowest BCUT2D eigenvalue weighted by molar-refractivity contribution is 0.354. The lowest BCUT2D eigenvalue weighted by Crippen LogP contribution is -2.20. The van der Waals surface area contributed by atoms with Crippen molar-refractivity contribution in [2.75, 3.05) is 27.3 Å². The highest BCUT2D eigenvalue weighted by Gasteiger charge is 2.04. The highest BCUT2D eigenvalue weighted by Crippen LogP contribution is 2.27. The molecule has 0 saturated heterocycles. The molecule has 2 aromatic rings. The summed E-state index contributed by atoms with van der Waals surface area (Å²) in [5.41, 5.74) is 2.50. The summed E-state index contributed by atoms with van der Waals surface area (Å²) in [6.07, 6.45) is 5.68. The molecule has 0 bridgehead atoms. The molecular formula is C17H22N2O2. The molecule has 1 N–H and O–H groups in total. The van der Waals surface area contributed by atoms with Crippen molar-refractivity contribution in [3.8, 4) is 11.5 Å². The van der Waals surface area contributed by atoms with Gasteiger partial charge in [0.15, 0.2) is 11.5 Å². The fourth-order valence-corrected chi connectivity index (χ4v) is 2.17. The summed E-state index contributed by atoms with van der Waals surface area (Å²) in [4.78, 5) is 4.11. The molecule has 0 atom stereocenters. The number of methoxy groups -OCH3 is 2. The first kappa shape index (κ1) is 15.3. The lowest BCUT2D eigenvalue weighted by Gasteiger charge is -2.10. The van der Waals surface area contributed by atoms with Crippen molar-refractivity contribution in [3.63, 3.8) is 0 Å². The topological polar surface area (TPSA) is 43.4 Å². The summed E-state index contributed by atoms with van der Waals surface area (Å²) in [6.45, 7) is 1.90. The third-order valence-corrected chi connectivity index (χ3v) is 3.35. The first-order valence-electron chi connectivity index (χ1n) is 7.14. The predicted molar refractivity (Wildman–Crippen MR) is 84.1 cm³/mol. The van der Waals surface area contributed by atoms with Gasteiger partial charge in [0.05, 0.1) is 14.2 Å². The molecule has 0 aliphatic carbocycles. The Labute approximate surface area is 126 Å². The molecule has 21 heavy (non-hydrogen) atoms. The molecule has 4 heteroatoms. The second kappa shape index (κ2) is 8.27.